The Hall–Kier alpha value is -1.36. The molecule has 1 saturated carbocycles. The van der Waals surface area contributed by atoms with Crippen LogP contribution in [0.4, 0.5) is 0 Å². The van der Waals surface area contributed by atoms with Crippen LogP contribution in [0.15, 0.2) is 30.3 Å². The Kier molecular flexibility index (Phi) is 8.18. The fraction of sp³-hybridized carbons (Fsp3) is 0.652. The first-order valence-electron chi connectivity index (χ1n) is 10.7. The van der Waals surface area contributed by atoms with Crippen LogP contribution in [0.2, 0.25) is 0 Å². The molecule has 27 heavy (non-hydrogen) atoms. The molecule has 1 aliphatic heterocycles. The number of hydrogen-bond donors (Lipinski definition) is 1. The summed E-state index contributed by atoms with van der Waals surface area (Å²) >= 11 is 0. The zero-order chi connectivity index (χ0) is 18.9. The molecule has 0 spiro atoms. The lowest BCUT2D eigenvalue weighted by Gasteiger charge is -2.43. The Balaban J connectivity index is 1.52. The third-order valence-electron chi connectivity index (χ3n) is 6.17. The van der Waals surface area contributed by atoms with Crippen LogP contribution in [0, 0.1) is 5.92 Å². The molecule has 1 aliphatic carbocycles. The van der Waals surface area contributed by atoms with Gasteiger partial charge in [0, 0.05) is 50.9 Å². The van der Waals surface area contributed by atoms with Crippen LogP contribution in [-0.4, -0.2) is 67.4 Å². The highest BCUT2D eigenvalue weighted by Gasteiger charge is 2.28. The smallest absolute Gasteiger partial charge is 0.126 e. The van der Waals surface area contributed by atoms with E-state index in [4.69, 9.17) is 4.74 Å². The standard InChI is InChI=1S/C23H36N2O2/c1-27-23-12-6-5-10-21(23)11-7-14-24-15-16-25(22(19-24)13-17-26)18-20-8-3-2-4-9-20/h5-7,10-12,20,22,26H,2-4,8-9,13-19H2,1H3/b11-7+. The van der Waals surface area contributed by atoms with Gasteiger partial charge in [0.1, 0.15) is 5.75 Å². The molecular formula is C23H36N2O2. The number of aliphatic hydroxyl groups excluding tert-OH is 1. The molecule has 2 fully saturated rings. The summed E-state index contributed by atoms with van der Waals surface area (Å²) in [4.78, 5) is 5.18. The number of benzene rings is 1. The highest BCUT2D eigenvalue weighted by molar-refractivity contribution is 5.57. The number of rotatable bonds is 8. The topological polar surface area (TPSA) is 35.9 Å². The lowest BCUT2D eigenvalue weighted by molar-refractivity contribution is 0.0485. The third kappa shape index (κ3) is 6.06. The predicted octanol–water partition coefficient (Wildman–Crippen LogP) is 3.66. The van der Waals surface area contributed by atoms with Crippen LogP contribution >= 0.6 is 0 Å². The first-order valence-corrected chi connectivity index (χ1v) is 10.7. The highest BCUT2D eigenvalue weighted by atomic mass is 16.5. The van der Waals surface area contributed by atoms with Crippen molar-refractivity contribution in [3.8, 4) is 5.75 Å². The van der Waals surface area contributed by atoms with Crippen molar-refractivity contribution in [2.45, 2.75) is 44.6 Å². The Labute approximate surface area is 164 Å². The number of hydrogen-bond acceptors (Lipinski definition) is 4. The molecule has 4 nitrogen and oxygen atoms in total. The van der Waals surface area contributed by atoms with Gasteiger partial charge in [-0.3, -0.25) is 9.80 Å². The minimum atomic E-state index is 0.288. The number of aliphatic hydroxyl groups is 1. The summed E-state index contributed by atoms with van der Waals surface area (Å²) in [5.41, 5.74) is 1.13. The SMILES string of the molecule is COc1ccccc1/C=C/CN1CCN(CC2CCCCC2)C(CCO)C1. The number of piperazine rings is 1. The van der Waals surface area contributed by atoms with E-state index in [1.165, 1.54) is 38.6 Å². The molecule has 1 unspecified atom stereocenters. The fourth-order valence-electron chi connectivity index (χ4n) is 4.62. The predicted molar refractivity (Wildman–Crippen MR) is 112 cm³/mol. The minimum Gasteiger partial charge on any atom is -0.496 e. The maximum Gasteiger partial charge on any atom is 0.126 e. The quantitative estimate of drug-likeness (QED) is 0.755. The van der Waals surface area contributed by atoms with Gasteiger partial charge in [0.15, 0.2) is 0 Å². The zero-order valence-corrected chi connectivity index (χ0v) is 16.9. The summed E-state index contributed by atoms with van der Waals surface area (Å²) in [5.74, 6) is 1.79. The van der Waals surface area contributed by atoms with E-state index in [2.05, 4.69) is 28.0 Å². The number of nitrogens with zero attached hydrogens (tertiary/aromatic N) is 2. The molecule has 1 aromatic carbocycles. The number of ether oxygens (including phenoxy) is 1. The van der Waals surface area contributed by atoms with Crippen molar-refractivity contribution in [2.24, 2.45) is 5.92 Å². The van der Waals surface area contributed by atoms with E-state index < -0.39 is 0 Å². The second kappa shape index (κ2) is 10.8. The summed E-state index contributed by atoms with van der Waals surface area (Å²) in [6, 6.07) is 8.63. The van der Waals surface area contributed by atoms with Crippen molar-refractivity contribution >= 4 is 6.08 Å². The largest absolute Gasteiger partial charge is 0.496 e. The molecule has 0 bridgehead atoms. The Bertz CT molecular complexity index is 583. The van der Waals surface area contributed by atoms with E-state index in [0.29, 0.717) is 6.04 Å². The van der Waals surface area contributed by atoms with Gasteiger partial charge < -0.3 is 9.84 Å². The molecule has 2 aliphatic rings. The van der Waals surface area contributed by atoms with E-state index in [1.54, 1.807) is 7.11 Å². The van der Waals surface area contributed by atoms with E-state index in [-0.39, 0.29) is 6.61 Å². The lowest BCUT2D eigenvalue weighted by atomic mass is 9.88. The second-order valence-electron chi connectivity index (χ2n) is 8.07. The van der Waals surface area contributed by atoms with Crippen LogP contribution in [0.3, 0.4) is 0 Å². The van der Waals surface area contributed by atoms with Gasteiger partial charge in [0.05, 0.1) is 7.11 Å². The molecule has 0 radical (unpaired) electrons. The van der Waals surface area contributed by atoms with Gasteiger partial charge in [-0.1, -0.05) is 49.6 Å². The van der Waals surface area contributed by atoms with E-state index >= 15 is 0 Å². The first-order chi connectivity index (χ1) is 13.3. The van der Waals surface area contributed by atoms with Crippen molar-refractivity contribution in [1.29, 1.82) is 0 Å². The monoisotopic (exact) mass is 372 g/mol. The maximum absolute atomic E-state index is 9.54. The Morgan fingerprint density at radius 1 is 1.15 bits per heavy atom. The molecule has 1 atom stereocenters. The molecule has 0 aromatic heterocycles. The van der Waals surface area contributed by atoms with Crippen molar-refractivity contribution < 1.29 is 9.84 Å². The summed E-state index contributed by atoms with van der Waals surface area (Å²) in [5, 5.41) is 9.54. The van der Waals surface area contributed by atoms with Gasteiger partial charge >= 0.3 is 0 Å². The molecule has 150 valence electrons. The zero-order valence-electron chi connectivity index (χ0n) is 16.9. The van der Waals surface area contributed by atoms with E-state index in [0.717, 1.165) is 49.8 Å². The van der Waals surface area contributed by atoms with E-state index in [9.17, 15) is 5.11 Å². The van der Waals surface area contributed by atoms with Gasteiger partial charge in [0.25, 0.3) is 0 Å². The lowest BCUT2D eigenvalue weighted by Crippen LogP contribution is -2.54. The van der Waals surface area contributed by atoms with Gasteiger partial charge in [-0.2, -0.15) is 0 Å². The Morgan fingerprint density at radius 3 is 2.74 bits per heavy atom. The van der Waals surface area contributed by atoms with Crippen LogP contribution in [-0.2, 0) is 0 Å². The third-order valence-corrected chi connectivity index (χ3v) is 6.17. The molecule has 0 amide bonds. The molecule has 1 aromatic rings. The van der Waals surface area contributed by atoms with Gasteiger partial charge in [-0.15, -0.1) is 0 Å². The second-order valence-corrected chi connectivity index (χ2v) is 8.07. The highest BCUT2D eigenvalue weighted by Crippen LogP contribution is 2.26. The summed E-state index contributed by atoms with van der Waals surface area (Å²) < 4.78 is 5.42. The fourth-order valence-corrected chi connectivity index (χ4v) is 4.62. The van der Waals surface area contributed by atoms with Crippen molar-refractivity contribution in [3.05, 3.63) is 35.9 Å². The van der Waals surface area contributed by atoms with Crippen LogP contribution in [0.25, 0.3) is 6.08 Å². The van der Waals surface area contributed by atoms with Gasteiger partial charge in [0.2, 0.25) is 0 Å². The molecule has 1 heterocycles. The molecular weight excluding hydrogens is 336 g/mol. The van der Waals surface area contributed by atoms with Crippen molar-refractivity contribution in [2.75, 3.05) is 46.4 Å². The molecule has 3 rings (SSSR count). The van der Waals surface area contributed by atoms with Crippen LogP contribution < -0.4 is 4.74 Å². The van der Waals surface area contributed by atoms with Crippen molar-refractivity contribution in [3.63, 3.8) is 0 Å². The minimum absolute atomic E-state index is 0.288. The summed E-state index contributed by atoms with van der Waals surface area (Å²) in [6.45, 7) is 5.78. The molecule has 1 N–H and O–H groups in total. The van der Waals surface area contributed by atoms with Crippen LogP contribution in [0.1, 0.15) is 44.1 Å². The average Bonchev–Trinajstić information content (AvgIpc) is 2.71. The Morgan fingerprint density at radius 2 is 1.96 bits per heavy atom. The maximum atomic E-state index is 9.54. The van der Waals surface area contributed by atoms with Crippen molar-refractivity contribution in [1.82, 2.24) is 9.80 Å². The number of para-hydroxylation sites is 1. The summed E-state index contributed by atoms with van der Waals surface area (Å²) in [6.07, 6.45) is 12.3. The van der Waals surface area contributed by atoms with Gasteiger partial charge in [-0.05, 0) is 31.2 Å². The van der Waals surface area contributed by atoms with Gasteiger partial charge in [-0.25, -0.2) is 0 Å². The normalized spacial score (nSPS) is 23.1. The number of methoxy groups -OCH3 is 1. The molecule has 4 heteroatoms. The average molecular weight is 373 g/mol. The van der Waals surface area contributed by atoms with Crippen LogP contribution in [0.5, 0.6) is 5.75 Å². The van der Waals surface area contributed by atoms with E-state index in [1.807, 2.05) is 18.2 Å². The molecule has 1 saturated heterocycles. The first kappa shape index (κ1) is 20.4. The summed E-state index contributed by atoms with van der Waals surface area (Å²) in [7, 11) is 1.72.